The van der Waals surface area contributed by atoms with Gasteiger partial charge in [0.1, 0.15) is 5.75 Å². The van der Waals surface area contributed by atoms with E-state index in [0.717, 1.165) is 37.1 Å². The molecule has 1 N–H and O–H groups in total. The van der Waals surface area contributed by atoms with Gasteiger partial charge in [0, 0.05) is 5.92 Å². The molecule has 1 aromatic carbocycles. The van der Waals surface area contributed by atoms with Crippen LogP contribution in [0, 0.1) is 5.92 Å². The molecule has 0 amide bonds. The standard InChI is InChI=1S/C15H21NO2/c1-11(15(17)14-7-4-8-16-14)9-12-5-3-6-13(10-12)18-2/h3,5-6,10-11,14,16H,4,7-9H2,1-2H3. The van der Waals surface area contributed by atoms with E-state index in [9.17, 15) is 4.79 Å². The maximum atomic E-state index is 12.2. The van der Waals surface area contributed by atoms with Crippen LogP contribution in [0.3, 0.4) is 0 Å². The Hall–Kier alpha value is -1.35. The number of ketones is 1. The molecule has 0 aliphatic carbocycles. The number of hydrogen-bond acceptors (Lipinski definition) is 3. The smallest absolute Gasteiger partial charge is 0.152 e. The zero-order chi connectivity index (χ0) is 13.0. The average molecular weight is 247 g/mol. The van der Waals surface area contributed by atoms with Crippen molar-refractivity contribution in [3.63, 3.8) is 0 Å². The minimum atomic E-state index is 0.0627. The molecule has 0 aromatic heterocycles. The number of methoxy groups -OCH3 is 1. The predicted molar refractivity (Wildman–Crippen MR) is 71.9 cm³/mol. The number of Topliss-reactive ketones (excluding diaryl/α,β-unsaturated/α-hetero) is 1. The van der Waals surface area contributed by atoms with Gasteiger partial charge in [0.25, 0.3) is 0 Å². The lowest BCUT2D eigenvalue weighted by Crippen LogP contribution is -2.35. The van der Waals surface area contributed by atoms with E-state index in [2.05, 4.69) is 5.32 Å². The highest BCUT2D eigenvalue weighted by Gasteiger charge is 2.26. The fourth-order valence-corrected chi connectivity index (χ4v) is 2.52. The molecule has 2 unspecified atom stereocenters. The fourth-order valence-electron chi connectivity index (χ4n) is 2.52. The summed E-state index contributed by atoms with van der Waals surface area (Å²) in [6.07, 6.45) is 2.89. The Morgan fingerprint density at radius 1 is 1.56 bits per heavy atom. The molecular formula is C15H21NO2. The molecular weight excluding hydrogens is 226 g/mol. The lowest BCUT2D eigenvalue weighted by molar-refractivity contribution is -0.124. The van der Waals surface area contributed by atoms with Gasteiger partial charge in [-0.2, -0.15) is 0 Å². The van der Waals surface area contributed by atoms with E-state index < -0.39 is 0 Å². The van der Waals surface area contributed by atoms with Crippen LogP contribution >= 0.6 is 0 Å². The summed E-state index contributed by atoms with van der Waals surface area (Å²) in [5.74, 6) is 1.26. The van der Waals surface area contributed by atoms with E-state index in [1.165, 1.54) is 0 Å². The Labute approximate surface area is 109 Å². The monoisotopic (exact) mass is 247 g/mol. The van der Waals surface area contributed by atoms with Crippen molar-refractivity contribution in [2.24, 2.45) is 5.92 Å². The summed E-state index contributed by atoms with van der Waals surface area (Å²) in [5, 5.41) is 3.27. The van der Waals surface area contributed by atoms with Gasteiger partial charge in [-0.15, -0.1) is 0 Å². The molecule has 98 valence electrons. The summed E-state index contributed by atoms with van der Waals surface area (Å²) >= 11 is 0. The first-order valence-corrected chi connectivity index (χ1v) is 6.60. The Morgan fingerprint density at radius 3 is 3.06 bits per heavy atom. The summed E-state index contributed by atoms with van der Waals surface area (Å²) in [6, 6.07) is 8.03. The van der Waals surface area contributed by atoms with Crippen molar-refractivity contribution in [2.75, 3.05) is 13.7 Å². The molecule has 1 heterocycles. The van der Waals surface area contributed by atoms with Crippen molar-refractivity contribution in [1.29, 1.82) is 0 Å². The zero-order valence-electron chi connectivity index (χ0n) is 11.1. The number of nitrogens with one attached hydrogen (secondary N) is 1. The Balaban J connectivity index is 1.97. The molecule has 1 saturated heterocycles. The third kappa shape index (κ3) is 3.10. The van der Waals surface area contributed by atoms with E-state index in [0.29, 0.717) is 5.78 Å². The predicted octanol–water partition coefficient (Wildman–Crippen LogP) is 2.19. The molecule has 3 nitrogen and oxygen atoms in total. The zero-order valence-corrected chi connectivity index (χ0v) is 11.1. The van der Waals surface area contributed by atoms with Crippen molar-refractivity contribution in [3.05, 3.63) is 29.8 Å². The normalized spacial score (nSPS) is 20.7. The van der Waals surface area contributed by atoms with Crippen molar-refractivity contribution in [1.82, 2.24) is 5.32 Å². The van der Waals surface area contributed by atoms with Gasteiger partial charge < -0.3 is 10.1 Å². The van der Waals surface area contributed by atoms with Crippen LogP contribution in [-0.4, -0.2) is 25.5 Å². The van der Waals surface area contributed by atoms with Gasteiger partial charge >= 0.3 is 0 Å². The lowest BCUT2D eigenvalue weighted by Gasteiger charge is -2.16. The summed E-state index contributed by atoms with van der Waals surface area (Å²) < 4.78 is 5.20. The fraction of sp³-hybridized carbons (Fsp3) is 0.533. The molecule has 2 rings (SSSR count). The molecule has 3 heteroatoms. The Kier molecular flexibility index (Phi) is 4.37. The van der Waals surface area contributed by atoms with Crippen LogP contribution in [0.2, 0.25) is 0 Å². The minimum absolute atomic E-state index is 0.0627. The SMILES string of the molecule is COc1cccc(CC(C)C(=O)C2CCCN2)c1. The van der Waals surface area contributed by atoms with Crippen molar-refractivity contribution < 1.29 is 9.53 Å². The molecule has 1 aliphatic heterocycles. The van der Waals surface area contributed by atoms with Crippen LogP contribution in [0.1, 0.15) is 25.3 Å². The van der Waals surface area contributed by atoms with E-state index in [-0.39, 0.29) is 12.0 Å². The first kappa shape index (κ1) is 13.1. The highest BCUT2D eigenvalue weighted by Crippen LogP contribution is 2.18. The molecule has 0 radical (unpaired) electrons. The number of ether oxygens (including phenoxy) is 1. The van der Waals surface area contributed by atoms with E-state index in [1.54, 1.807) is 7.11 Å². The average Bonchev–Trinajstić information content (AvgIpc) is 2.92. The second-order valence-corrected chi connectivity index (χ2v) is 5.01. The van der Waals surface area contributed by atoms with Crippen LogP contribution in [0.5, 0.6) is 5.75 Å². The number of carbonyl (C=O) groups excluding carboxylic acids is 1. The maximum absolute atomic E-state index is 12.2. The van der Waals surface area contributed by atoms with E-state index in [4.69, 9.17) is 4.74 Å². The van der Waals surface area contributed by atoms with Gasteiger partial charge in [-0.1, -0.05) is 19.1 Å². The molecule has 0 bridgehead atoms. The van der Waals surface area contributed by atoms with E-state index in [1.807, 2.05) is 31.2 Å². The second kappa shape index (κ2) is 6.01. The van der Waals surface area contributed by atoms with Crippen molar-refractivity contribution in [3.8, 4) is 5.75 Å². The molecule has 1 aromatic rings. The van der Waals surface area contributed by atoms with Gasteiger partial charge in [-0.05, 0) is 43.5 Å². The van der Waals surface area contributed by atoms with Gasteiger partial charge in [0.2, 0.25) is 0 Å². The Morgan fingerprint density at radius 2 is 2.39 bits per heavy atom. The summed E-state index contributed by atoms with van der Waals surface area (Å²) in [4.78, 5) is 12.2. The summed E-state index contributed by atoms with van der Waals surface area (Å²) in [7, 11) is 1.66. The highest BCUT2D eigenvalue weighted by molar-refractivity contribution is 5.86. The highest BCUT2D eigenvalue weighted by atomic mass is 16.5. The maximum Gasteiger partial charge on any atom is 0.152 e. The quantitative estimate of drug-likeness (QED) is 0.867. The molecule has 0 saturated carbocycles. The van der Waals surface area contributed by atoms with Crippen LogP contribution in [0.15, 0.2) is 24.3 Å². The topological polar surface area (TPSA) is 38.3 Å². The molecule has 1 aliphatic rings. The van der Waals surface area contributed by atoms with Gasteiger partial charge in [-0.3, -0.25) is 4.79 Å². The summed E-state index contributed by atoms with van der Waals surface area (Å²) in [6.45, 7) is 2.99. The first-order valence-electron chi connectivity index (χ1n) is 6.60. The van der Waals surface area contributed by atoms with Crippen LogP contribution in [0.25, 0.3) is 0 Å². The van der Waals surface area contributed by atoms with Gasteiger partial charge in [0.15, 0.2) is 5.78 Å². The summed E-state index contributed by atoms with van der Waals surface area (Å²) in [5.41, 5.74) is 1.16. The number of carbonyl (C=O) groups is 1. The molecule has 2 atom stereocenters. The number of rotatable bonds is 5. The number of hydrogen-bond donors (Lipinski definition) is 1. The first-order chi connectivity index (χ1) is 8.70. The number of benzene rings is 1. The minimum Gasteiger partial charge on any atom is -0.497 e. The molecule has 18 heavy (non-hydrogen) atoms. The van der Waals surface area contributed by atoms with Gasteiger partial charge in [-0.25, -0.2) is 0 Å². The lowest BCUT2D eigenvalue weighted by atomic mass is 9.92. The van der Waals surface area contributed by atoms with Crippen molar-refractivity contribution in [2.45, 2.75) is 32.2 Å². The van der Waals surface area contributed by atoms with Crippen LogP contribution in [-0.2, 0) is 11.2 Å². The van der Waals surface area contributed by atoms with Crippen LogP contribution in [0.4, 0.5) is 0 Å². The van der Waals surface area contributed by atoms with Crippen molar-refractivity contribution >= 4 is 5.78 Å². The van der Waals surface area contributed by atoms with E-state index >= 15 is 0 Å². The van der Waals surface area contributed by atoms with Crippen LogP contribution < -0.4 is 10.1 Å². The molecule has 0 spiro atoms. The largest absolute Gasteiger partial charge is 0.497 e. The third-order valence-corrected chi connectivity index (χ3v) is 3.57. The Bertz CT molecular complexity index is 411. The third-order valence-electron chi connectivity index (χ3n) is 3.57. The van der Waals surface area contributed by atoms with Gasteiger partial charge in [0.05, 0.1) is 13.2 Å². The second-order valence-electron chi connectivity index (χ2n) is 5.01. The molecule has 1 fully saturated rings.